The van der Waals surface area contributed by atoms with Crippen LogP contribution >= 0.6 is 0 Å². The number of nitrogens with two attached hydrogens (primary N) is 1. The molecule has 0 saturated heterocycles. The van der Waals surface area contributed by atoms with Crippen LogP contribution in [0.4, 0.5) is 0 Å². The summed E-state index contributed by atoms with van der Waals surface area (Å²) in [7, 11) is 2.16. The zero-order chi connectivity index (χ0) is 14.4. The Bertz CT molecular complexity index is 522. The van der Waals surface area contributed by atoms with E-state index in [0.717, 1.165) is 19.5 Å². The van der Waals surface area contributed by atoms with Crippen LogP contribution in [-0.4, -0.2) is 18.5 Å². The lowest BCUT2D eigenvalue weighted by Crippen LogP contribution is -2.23. The molecule has 2 nitrogen and oxygen atoms in total. The standard InChI is InChI=1S/C18H24N2/c1-15-8-6-7-11-17(15)14-20(2)13-12-18(19)16-9-4-3-5-10-16/h3-11,18H,12-14,19H2,1-2H3. The fourth-order valence-corrected chi connectivity index (χ4v) is 2.38. The van der Waals surface area contributed by atoms with Crippen LogP contribution in [0.2, 0.25) is 0 Å². The third kappa shape index (κ3) is 4.19. The van der Waals surface area contributed by atoms with E-state index in [-0.39, 0.29) is 6.04 Å². The van der Waals surface area contributed by atoms with E-state index in [9.17, 15) is 0 Å². The first-order chi connectivity index (χ1) is 9.66. The maximum atomic E-state index is 6.24. The van der Waals surface area contributed by atoms with Crippen molar-refractivity contribution >= 4 is 0 Å². The Hall–Kier alpha value is -1.64. The fraction of sp³-hybridized carbons (Fsp3) is 0.333. The van der Waals surface area contributed by atoms with Gasteiger partial charge in [-0.25, -0.2) is 0 Å². The lowest BCUT2D eigenvalue weighted by atomic mass is 10.0. The number of hydrogen-bond acceptors (Lipinski definition) is 2. The minimum atomic E-state index is 0.121. The molecule has 20 heavy (non-hydrogen) atoms. The molecule has 2 rings (SSSR count). The zero-order valence-electron chi connectivity index (χ0n) is 12.4. The first-order valence-electron chi connectivity index (χ1n) is 7.20. The van der Waals surface area contributed by atoms with Gasteiger partial charge in [0.25, 0.3) is 0 Å². The van der Waals surface area contributed by atoms with Crippen molar-refractivity contribution in [2.24, 2.45) is 5.73 Å². The SMILES string of the molecule is Cc1ccccc1CN(C)CCC(N)c1ccccc1. The maximum absolute atomic E-state index is 6.24. The first kappa shape index (κ1) is 14.8. The number of benzene rings is 2. The van der Waals surface area contributed by atoms with Crippen molar-refractivity contribution in [2.45, 2.75) is 25.9 Å². The zero-order valence-corrected chi connectivity index (χ0v) is 12.4. The Balaban J connectivity index is 1.84. The quantitative estimate of drug-likeness (QED) is 0.868. The molecule has 1 unspecified atom stereocenters. The van der Waals surface area contributed by atoms with Gasteiger partial charge in [-0.05, 0) is 43.6 Å². The van der Waals surface area contributed by atoms with Crippen LogP contribution in [0.25, 0.3) is 0 Å². The molecular weight excluding hydrogens is 244 g/mol. The van der Waals surface area contributed by atoms with Crippen LogP contribution in [0.15, 0.2) is 54.6 Å². The van der Waals surface area contributed by atoms with E-state index >= 15 is 0 Å². The summed E-state index contributed by atoms with van der Waals surface area (Å²) < 4.78 is 0. The third-order valence-corrected chi connectivity index (χ3v) is 3.75. The Morgan fingerprint density at radius 1 is 1.00 bits per heavy atom. The van der Waals surface area contributed by atoms with Gasteiger partial charge in [0.15, 0.2) is 0 Å². The molecule has 0 spiro atoms. The van der Waals surface area contributed by atoms with E-state index in [0.29, 0.717) is 0 Å². The van der Waals surface area contributed by atoms with E-state index in [1.165, 1.54) is 16.7 Å². The molecule has 1 atom stereocenters. The Labute approximate surface area is 122 Å². The molecule has 2 heteroatoms. The normalized spacial score (nSPS) is 12.6. The van der Waals surface area contributed by atoms with E-state index < -0.39 is 0 Å². The molecule has 0 saturated carbocycles. The lowest BCUT2D eigenvalue weighted by Gasteiger charge is -2.20. The first-order valence-corrected chi connectivity index (χ1v) is 7.20. The highest BCUT2D eigenvalue weighted by Gasteiger charge is 2.08. The van der Waals surface area contributed by atoms with Crippen LogP contribution in [0.5, 0.6) is 0 Å². The average molecular weight is 268 g/mol. The number of rotatable bonds is 6. The highest BCUT2D eigenvalue weighted by atomic mass is 15.1. The summed E-state index contributed by atoms with van der Waals surface area (Å²) in [6, 6.07) is 19.0. The van der Waals surface area contributed by atoms with Crippen molar-refractivity contribution in [3.05, 3.63) is 71.3 Å². The van der Waals surface area contributed by atoms with E-state index in [1.807, 2.05) is 18.2 Å². The maximum Gasteiger partial charge on any atom is 0.0307 e. The van der Waals surface area contributed by atoms with Crippen molar-refractivity contribution in [1.29, 1.82) is 0 Å². The second-order valence-corrected chi connectivity index (χ2v) is 5.47. The third-order valence-electron chi connectivity index (χ3n) is 3.75. The van der Waals surface area contributed by atoms with Gasteiger partial charge in [-0.1, -0.05) is 54.6 Å². The van der Waals surface area contributed by atoms with Crippen LogP contribution in [0.1, 0.15) is 29.2 Å². The van der Waals surface area contributed by atoms with Gasteiger partial charge in [0.05, 0.1) is 0 Å². The molecular formula is C18H24N2. The second kappa shape index (κ2) is 7.22. The molecule has 2 aromatic carbocycles. The topological polar surface area (TPSA) is 29.3 Å². The molecule has 106 valence electrons. The summed E-state index contributed by atoms with van der Waals surface area (Å²) in [4.78, 5) is 2.34. The smallest absolute Gasteiger partial charge is 0.0307 e. The second-order valence-electron chi connectivity index (χ2n) is 5.47. The molecule has 0 amide bonds. The van der Waals surface area contributed by atoms with Gasteiger partial charge >= 0.3 is 0 Å². The highest BCUT2D eigenvalue weighted by molar-refractivity contribution is 5.25. The molecule has 0 aliphatic rings. The monoisotopic (exact) mass is 268 g/mol. The van der Waals surface area contributed by atoms with Crippen molar-refractivity contribution in [3.8, 4) is 0 Å². The Morgan fingerprint density at radius 2 is 1.65 bits per heavy atom. The number of nitrogens with zero attached hydrogens (tertiary/aromatic N) is 1. The van der Waals surface area contributed by atoms with Gasteiger partial charge in [0.1, 0.15) is 0 Å². The van der Waals surface area contributed by atoms with Gasteiger partial charge in [-0.15, -0.1) is 0 Å². The van der Waals surface area contributed by atoms with Crippen molar-refractivity contribution in [1.82, 2.24) is 4.90 Å². The highest BCUT2D eigenvalue weighted by Crippen LogP contribution is 2.15. The van der Waals surface area contributed by atoms with Crippen molar-refractivity contribution < 1.29 is 0 Å². The van der Waals surface area contributed by atoms with E-state index in [4.69, 9.17) is 5.73 Å². The van der Waals surface area contributed by atoms with Crippen LogP contribution in [-0.2, 0) is 6.54 Å². The largest absolute Gasteiger partial charge is 0.324 e. The summed E-state index contributed by atoms with van der Waals surface area (Å²) in [5.41, 5.74) is 10.2. The molecule has 0 bridgehead atoms. The molecule has 0 aliphatic heterocycles. The number of aryl methyl sites for hydroxylation is 1. The van der Waals surface area contributed by atoms with Gasteiger partial charge in [-0.2, -0.15) is 0 Å². The predicted molar refractivity (Wildman–Crippen MR) is 85.5 cm³/mol. The lowest BCUT2D eigenvalue weighted by molar-refractivity contribution is 0.311. The van der Waals surface area contributed by atoms with Crippen LogP contribution in [0, 0.1) is 6.92 Å². The van der Waals surface area contributed by atoms with Crippen molar-refractivity contribution in [3.63, 3.8) is 0 Å². The summed E-state index contributed by atoms with van der Waals surface area (Å²) in [6.07, 6.45) is 0.979. The summed E-state index contributed by atoms with van der Waals surface area (Å²) in [6.45, 7) is 4.15. The number of hydrogen-bond donors (Lipinski definition) is 1. The minimum absolute atomic E-state index is 0.121. The van der Waals surface area contributed by atoms with Crippen molar-refractivity contribution in [2.75, 3.05) is 13.6 Å². The molecule has 0 heterocycles. The molecule has 0 aromatic heterocycles. The van der Waals surface area contributed by atoms with Gasteiger partial charge in [0, 0.05) is 12.6 Å². The van der Waals surface area contributed by atoms with Crippen LogP contribution < -0.4 is 5.73 Å². The molecule has 0 radical (unpaired) electrons. The van der Waals surface area contributed by atoms with Gasteiger partial charge < -0.3 is 10.6 Å². The molecule has 0 aliphatic carbocycles. The predicted octanol–water partition coefficient (Wildman–Crippen LogP) is 3.52. The van der Waals surface area contributed by atoms with Gasteiger partial charge in [-0.3, -0.25) is 0 Å². The Kier molecular flexibility index (Phi) is 5.33. The molecule has 2 aromatic rings. The minimum Gasteiger partial charge on any atom is -0.324 e. The summed E-state index contributed by atoms with van der Waals surface area (Å²) >= 11 is 0. The molecule has 0 fully saturated rings. The fourth-order valence-electron chi connectivity index (χ4n) is 2.38. The van der Waals surface area contributed by atoms with Crippen LogP contribution in [0.3, 0.4) is 0 Å². The van der Waals surface area contributed by atoms with E-state index in [1.54, 1.807) is 0 Å². The average Bonchev–Trinajstić information content (AvgIpc) is 2.48. The van der Waals surface area contributed by atoms with Gasteiger partial charge in [0.2, 0.25) is 0 Å². The summed E-state index contributed by atoms with van der Waals surface area (Å²) in [5, 5.41) is 0. The summed E-state index contributed by atoms with van der Waals surface area (Å²) in [5.74, 6) is 0. The Morgan fingerprint density at radius 3 is 2.35 bits per heavy atom. The van der Waals surface area contributed by atoms with E-state index in [2.05, 4.69) is 55.3 Å². The molecule has 2 N–H and O–H groups in total.